The van der Waals surface area contributed by atoms with E-state index in [4.69, 9.17) is 16.7 Å². The molecule has 1 aromatic carbocycles. The third-order valence-corrected chi connectivity index (χ3v) is 2.54. The maximum absolute atomic E-state index is 12.1. The third-order valence-electron chi connectivity index (χ3n) is 2.29. The fourth-order valence-electron chi connectivity index (χ4n) is 1.60. The first-order valence-corrected chi connectivity index (χ1v) is 6.04. The molecule has 0 saturated heterocycles. The molecule has 5 heteroatoms. The SMILES string of the molecule is CC(C)CN(CC(=O)O)C(=O)c1ccc(Cl)cc1. The molecule has 0 aliphatic rings. The van der Waals surface area contributed by atoms with Crippen molar-refractivity contribution in [3.05, 3.63) is 34.9 Å². The van der Waals surface area contributed by atoms with Crippen LogP contribution in [0.1, 0.15) is 24.2 Å². The van der Waals surface area contributed by atoms with E-state index in [1.165, 1.54) is 4.90 Å². The Morgan fingerprint density at radius 3 is 2.28 bits per heavy atom. The van der Waals surface area contributed by atoms with Crippen LogP contribution in [0.3, 0.4) is 0 Å². The average molecular weight is 270 g/mol. The Balaban J connectivity index is 2.87. The van der Waals surface area contributed by atoms with E-state index in [2.05, 4.69) is 0 Å². The second-order valence-corrected chi connectivity index (χ2v) is 4.92. The molecule has 1 rings (SSSR count). The molecule has 0 unspecified atom stereocenters. The van der Waals surface area contributed by atoms with Crippen LogP contribution in [0.5, 0.6) is 0 Å². The predicted molar refractivity (Wildman–Crippen MR) is 69.8 cm³/mol. The number of amides is 1. The molecule has 0 fully saturated rings. The lowest BCUT2D eigenvalue weighted by atomic mass is 10.1. The normalized spacial score (nSPS) is 10.4. The molecule has 1 amide bonds. The van der Waals surface area contributed by atoms with Gasteiger partial charge in [-0.1, -0.05) is 25.4 Å². The number of benzene rings is 1. The topological polar surface area (TPSA) is 57.6 Å². The summed E-state index contributed by atoms with van der Waals surface area (Å²) in [6, 6.07) is 6.42. The van der Waals surface area contributed by atoms with Gasteiger partial charge in [0.15, 0.2) is 0 Å². The summed E-state index contributed by atoms with van der Waals surface area (Å²) in [5.41, 5.74) is 0.446. The Labute approximate surface area is 111 Å². The Kier molecular flexibility index (Phi) is 5.16. The van der Waals surface area contributed by atoms with E-state index in [1.54, 1.807) is 24.3 Å². The quantitative estimate of drug-likeness (QED) is 0.894. The smallest absolute Gasteiger partial charge is 0.323 e. The summed E-state index contributed by atoms with van der Waals surface area (Å²) < 4.78 is 0. The number of halogens is 1. The van der Waals surface area contributed by atoms with Gasteiger partial charge >= 0.3 is 5.97 Å². The molecular weight excluding hydrogens is 254 g/mol. The van der Waals surface area contributed by atoms with Crippen molar-refractivity contribution in [3.8, 4) is 0 Å². The highest BCUT2D eigenvalue weighted by Gasteiger charge is 2.19. The lowest BCUT2D eigenvalue weighted by molar-refractivity contribution is -0.137. The van der Waals surface area contributed by atoms with Crippen LogP contribution in [-0.4, -0.2) is 35.0 Å². The largest absolute Gasteiger partial charge is 0.480 e. The number of carbonyl (C=O) groups is 2. The fraction of sp³-hybridized carbons (Fsp3) is 0.385. The average Bonchev–Trinajstić information content (AvgIpc) is 2.27. The molecule has 0 aromatic heterocycles. The number of aliphatic carboxylic acids is 1. The summed E-state index contributed by atoms with van der Waals surface area (Å²) in [4.78, 5) is 24.2. The van der Waals surface area contributed by atoms with Crippen LogP contribution < -0.4 is 0 Å². The van der Waals surface area contributed by atoms with Crippen molar-refractivity contribution in [2.75, 3.05) is 13.1 Å². The van der Waals surface area contributed by atoms with E-state index in [1.807, 2.05) is 13.8 Å². The van der Waals surface area contributed by atoms with E-state index >= 15 is 0 Å². The summed E-state index contributed by atoms with van der Waals surface area (Å²) in [6.07, 6.45) is 0. The van der Waals surface area contributed by atoms with Crippen LogP contribution in [0.2, 0.25) is 5.02 Å². The minimum absolute atomic E-state index is 0.209. The van der Waals surface area contributed by atoms with Crippen molar-refractivity contribution in [3.63, 3.8) is 0 Å². The zero-order valence-corrected chi connectivity index (χ0v) is 11.1. The lowest BCUT2D eigenvalue weighted by Crippen LogP contribution is -2.38. The standard InChI is InChI=1S/C13H16ClNO3/c1-9(2)7-15(8-12(16)17)13(18)10-3-5-11(14)6-4-10/h3-6,9H,7-8H2,1-2H3,(H,16,17). The molecule has 0 aliphatic heterocycles. The number of nitrogens with zero attached hydrogens (tertiary/aromatic N) is 1. The lowest BCUT2D eigenvalue weighted by Gasteiger charge is -2.22. The molecule has 0 heterocycles. The van der Waals surface area contributed by atoms with E-state index in [0.29, 0.717) is 17.1 Å². The first-order valence-electron chi connectivity index (χ1n) is 5.66. The summed E-state index contributed by atoms with van der Waals surface area (Å²) in [5, 5.41) is 9.36. The number of carbonyl (C=O) groups excluding carboxylic acids is 1. The van der Waals surface area contributed by atoms with E-state index < -0.39 is 5.97 Å². The molecular formula is C13H16ClNO3. The molecule has 0 spiro atoms. The summed E-state index contributed by atoms with van der Waals surface area (Å²) >= 11 is 5.75. The van der Waals surface area contributed by atoms with Gasteiger partial charge in [-0.2, -0.15) is 0 Å². The summed E-state index contributed by atoms with van der Waals surface area (Å²) in [5.74, 6) is -1.10. The number of hydrogen-bond donors (Lipinski definition) is 1. The Morgan fingerprint density at radius 2 is 1.83 bits per heavy atom. The van der Waals surface area contributed by atoms with Crippen LogP contribution in [0.25, 0.3) is 0 Å². The van der Waals surface area contributed by atoms with E-state index in [0.717, 1.165) is 0 Å². The minimum atomic E-state index is -1.02. The Bertz CT molecular complexity index is 428. The molecule has 4 nitrogen and oxygen atoms in total. The first kappa shape index (κ1) is 14.5. The van der Waals surface area contributed by atoms with Crippen molar-refractivity contribution < 1.29 is 14.7 Å². The Hall–Kier alpha value is -1.55. The van der Waals surface area contributed by atoms with Gasteiger partial charge in [0.25, 0.3) is 5.91 Å². The molecule has 0 atom stereocenters. The van der Waals surface area contributed by atoms with Crippen molar-refractivity contribution in [1.82, 2.24) is 4.90 Å². The number of rotatable bonds is 5. The van der Waals surface area contributed by atoms with Crippen LogP contribution in [0.4, 0.5) is 0 Å². The fourth-order valence-corrected chi connectivity index (χ4v) is 1.72. The van der Waals surface area contributed by atoms with Gasteiger partial charge in [0, 0.05) is 17.1 Å². The number of carboxylic acid groups (broad SMARTS) is 1. The van der Waals surface area contributed by atoms with E-state index in [9.17, 15) is 9.59 Å². The summed E-state index contributed by atoms with van der Waals surface area (Å²) in [7, 11) is 0. The van der Waals surface area contributed by atoms with Gasteiger partial charge in [-0.15, -0.1) is 0 Å². The van der Waals surface area contributed by atoms with Crippen molar-refractivity contribution >= 4 is 23.5 Å². The van der Waals surface area contributed by atoms with Gasteiger partial charge in [-0.3, -0.25) is 9.59 Å². The predicted octanol–water partition coefficient (Wildman–Crippen LogP) is 2.52. The van der Waals surface area contributed by atoms with E-state index in [-0.39, 0.29) is 18.4 Å². The highest BCUT2D eigenvalue weighted by atomic mass is 35.5. The van der Waals surface area contributed by atoms with Gasteiger partial charge in [0.1, 0.15) is 6.54 Å². The monoisotopic (exact) mass is 269 g/mol. The van der Waals surface area contributed by atoms with Gasteiger partial charge in [0.2, 0.25) is 0 Å². The Morgan fingerprint density at radius 1 is 1.28 bits per heavy atom. The molecule has 0 aliphatic carbocycles. The van der Waals surface area contributed by atoms with Gasteiger partial charge < -0.3 is 10.0 Å². The maximum Gasteiger partial charge on any atom is 0.323 e. The highest BCUT2D eigenvalue weighted by Crippen LogP contribution is 2.12. The molecule has 98 valence electrons. The summed E-state index contributed by atoms with van der Waals surface area (Å²) in [6.45, 7) is 3.99. The molecule has 1 aromatic rings. The van der Waals surface area contributed by atoms with Crippen molar-refractivity contribution in [1.29, 1.82) is 0 Å². The second kappa shape index (κ2) is 6.40. The zero-order valence-electron chi connectivity index (χ0n) is 10.4. The van der Waals surface area contributed by atoms with Gasteiger partial charge in [-0.25, -0.2) is 0 Å². The number of carboxylic acids is 1. The van der Waals surface area contributed by atoms with Gasteiger partial charge in [0.05, 0.1) is 0 Å². The van der Waals surface area contributed by atoms with Crippen LogP contribution in [0, 0.1) is 5.92 Å². The molecule has 0 saturated carbocycles. The van der Waals surface area contributed by atoms with Crippen molar-refractivity contribution in [2.24, 2.45) is 5.92 Å². The van der Waals surface area contributed by atoms with Crippen LogP contribution in [-0.2, 0) is 4.79 Å². The molecule has 0 bridgehead atoms. The molecule has 18 heavy (non-hydrogen) atoms. The van der Waals surface area contributed by atoms with Gasteiger partial charge in [-0.05, 0) is 30.2 Å². The molecule has 0 radical (unpaired) electrons. The second-order valence-electron chi connectivity index (χ2n) is 4.48. The first-order chi connectivity index (χ1) is 8.40. The third kappa shape index (κ3) is 4.37. The van der Waals surface area contributed by atoms with Crippen molar-refractivity contribution in [2.45, 2.75) is 13.8 Å². The minimum Gasteiger partial charge on any atom is -0.480 e. The van der Waals surface area contributed by atoms with Crippen LogP contribution >= 0.6 is 11.6 Å². The highest BCUT2D eigenvalue weighted by molar-refractivity contribution is 6.30. The zero-order chi connectivity index (χ0) is 13.7. The molecule has 1 N–H and O–H groups in total. The number of hydrogen-bond acceptors (Lipinski definition) is 2. The maximum atomic E-state index is 12.1. The van der Waals surface area contributed by atoms with Crippen LogP contribution in [0.15, 0.2) is 24.3 Å².